The molecule has 102 valence electrons. The molecule has 0 unspecified atom stereocenters. The molecule has 0 N–H and O–H groups in total. The molecule has 0 aliphatic heterocycles. The molecule has 2 aromatic rings. The molecule has 0 saturated heterocycles. The van der Waals surface area contributed by atoms with Gasteiger partial charge in [0.2, 0.25) is 0 Å². The van der Waals surface area contributed by atoms with Crippen molar-refractivity contribution < 1.29 is 13.2 Å². The van der Waals surface area contributed by atoms with Crippen molar-refractivity contribution >= 4 is 21.2 Å². The number of nitrogens with zero attached hydrogens (tertiary/aromatic N) is 1. The smallest absolute Gasteiger partial charge is 0.153 e. The van der Waals surface area contributed by atoms with E-state index >= 15 is 0 Å². The van der Waals surface area contributed by atoms with Crippen molar-refractivity contribution in [1.82, 2.24) is 4.98 Å². The SMILES string of the molecule is COc1ccc(C)cc1-c1csc(CS(C)(=O)=O)n1. The molecule has 0 fully saturated rings. The van der Waals surface area contributed by atoms with Gasteiger partial charge in [-0.2, -0.15) is 0 Å². The van der Waals surface area contributed by atoms with Crippen LogP contribution in [0, 0.1) is 6.92 Å². The summed E-state index contributed by atoms with van der Waals surface area (Å²) in [6.45, 7) is 1.99. The van der Waals surface area contributed by atoms with Gasteiger partial charge in [-0.1, -0.05) is 11.6 Å². The molecular weight excluding hydrogens is 282 g/mol. The second kappa shape index (κ2) is 5.30. The Hall–Kier alpha value is -1.40. The number of rotatable bonds is 4. The van der Waals surface area contributed by atoms with Gasteiger partial charge in [0.15, 0.2) is 9.84 Å². The van der Waals surface area contributed by atoms with Crippen LogP contribution in [-0.4, -0.2) is 26.8 Å². The van der Waals surface area contributed by atoms with Gasteiger partial charge in [0.1, 0.15) is 16.5 Å². The zero-order valence-corrected chi connectivity index (χ0v) is 12.6. The first-order valence-electron chi connectivity index (χ1n) is 5.66. The van der Waals surface area contributed by atoms with E-state index in [0.29, 0.717) is 5.01 Å². The van der Waals surface area contributed by atoms with Crippen LogP contribution in [0.3, 0.4) is 0 Å². The van der Waals surface area contributed by atoms with E-state index < -0.39 is 9.84 Å². The first-order valence-corrected chi connectivity index (χ1v) is 8.60. The molecule has 0 bridgehead atoms. The van der Waals surface area contributed by atoms with Crippen LogP contribution in [0.25, 0.3) is 11.3 Å². The lowest BCUT2D eigenvalue weighted by Crippen LogP contribution is -2.00. The summed E-state index contributed by atoms with van der Waals surface area (Å²) in [4.78, 5) is 4.37. The summed E-state index contributed by atoms with van der Waals surface area (Å²) in [5.74, 6) is 0.716. The van der Waals surface area contributed by atoms with Gasteiger partial charge in [0.25, 0.3) is 0 Å². The van der Waals surface area contributed by atoms with Gasteiger partial charge in [-0.25, -0.2) is 13.4 Å². The zero-order chi connectivity index (χ0) is 14.0. The fourth-order valence-corrected chi connectivity index (χ4v) is 3.75. The molecule has 1 aromatic carbocycles. The maximum atomic E-state index is 11.3. The van der Waals surface area contributed by atoms with E-state index in [1.165, 1.54) is 17.6 Å². The number of sulfone groups is 1. The van der Waals surface area contributed by atoms with Gasteiger partial charge in [-0.05, 0) is 19.1 Å². The molecule has 4 nitrogen and oxygen atoms in total. The van der Waals surface area contributed by atoms with E-state index in [0.717, 1.165) is 22.6 Å². The number of aryl methyl sites for hydroxylation is 1. The maximum Gasteiger partial charge on any atom is 0.153 e. The van der Waals surface area contributed by atoms with Gasteiger partial charge in [0, 0.05) is 17.2 Å². The van der Waals surface area contributed by atoms with Crippen molar-refractivity contribution in [2.24, 2.45) is 0 Å². The maximum absolute atomic E-state index is 11.3. The number of benzene rings is 1. The van der Waals surface area contributed by atoms with Crippen molar-refractivity contribution in [3.05, 3.63) is 34.2 Å². The molecule has 0 spiro atoms. The highest BCUT2D eigenvalue weighted by Gasteiger charge is 2.13. The van der Waals surface area contributed by atoms with Crippen molar-refractivity contribution in [2.45, 2.75) is 12.7 Å². The molecule has 0 radical (unpaired) electrons. The van der Waals surface area contributed by atoms with Crippen LogP contribution in [0.4, 0.5) is 0 Å². The van der Waals surface area contributed by atoms with Crippen LogP contribution in [0.2, 0.25) is 0 Å². The molecule has 1 heterocycles. The Morgan fingerprint density at radius 3 is 2.74 bits per heavy atom. The molecule has 19 heavy (non-hydrogen) atoms. The summed E-state index contributed by atoms with van der Waals surface area (Å²) < 4.78 is 27.8. The average Bonchev–Trinajstić information content (AvgIpc) is 2.75. The van der Waals surface area contributed by atoms with Crippen LogP contribution in [0.5, 0.6) is 5.75 Å². The average molecular weight is 297 g/mol. The number of ether oxygens (including phenoxy) is 1. The Balaban J connectivity index is 2.40. The van der Waals surface area contributed by atoms with Gasteiger partial charge < -0.3 is 4.74 Å². The fraction of sp³-hybridized carbons (Fsp3) is 0.308. The number of methoxy groups -OCH3 is 1. The van der Waals surface area contributed by atoms with E-state index in [1.54, 1.807) is 7.11 Å². The van der Waals surface area contributed by atoms with E-state index in [9.17, 15) is 8.42 Å². The van der Waals surface area contributed by atoms with E-state index in [4.69, 9.17) is 4.74 Å². The van der Waals surface area contributed by atoms with Crippen LogP contribution in [-0.2, 0) is 15.6 Å². The Morgan fingerprint density at radius 2 is 2.11 bits per heavy atom. The lowest BCUT2D eigenvalue weighted by atomic mass is 10.1. The minimum atomic E-state index is -3.05. The molecule has 0 aliphatic rings. The van der Waals surface area contributed by atoms with Crippen molar-refractivity contribution in [3.63, 3.8) is 0 Å². The van der Waals surface area contributed by atoms with Crippen molar-refractivity contribution in [1.29, 1.82) is 0 Å². The third-order valence-corrected chi connectivity index (χ3v) is 4.40. The highest BCUT2D eigenvalue weighted by atomic mass is 32.2. The Morgan fingerprint density at radius 1 is 1.37 bits per heavy atom. The lowest BCUT2D eigenvalue weighted by Gasteiger charge is -2.06. The van der Waals surface area contributed by atoms with Crippen molar-refractivity contribution in [3.8, 4) is 17.0 Å². The monoisotopic (exact) mass is 297 g/mol. The number of hydrogen-bond donors (Lipinski definition) is 0. The lowest BCUT2D eigenvalue weighted by molar-refractivity contribution is 0.416. The summed E-state index contributed by atoms with van der Waals surface area (Å²) in [6, 6.07) is 5.84. The molecule has 2 rings (SSSR count). The first-order chi connectivity index (χ1) is 8.89. The summed E-state index contributed by atoms with van der Waals surface area (Å²) in [5, 5.41) is 2.46. The predicted molar refractivity (Wildman–Crippen MR) is 77.4 cm³/mol. The fourth-order valence-electron chi connectivity index (χ4n) is 1.75. The largest absolute Gasteiger partial charge is 0.496 e. The zero-order valence-electron chi connectivity index (χ0n) is 11.0. The topological polar surface area (TPSA) is 56.3 Å². The Bertz CT molecular complexity index is 690. The van der Waals surface area contributed by atoms with Crippen LogP contribution >= 0.6 is 11.3 Å². The highest BCUT2D eigenvalue weighted by molar-refractivity contribution is 7.90. The molecular formula is C13H15NO3S2. The molecule has 0 atom stereocenters. The summed E-state index contributed by atoms with van der Waals surface area (Å²) in [7, 11) is -1.44. The predicted octanol–water partition coefficient (Wildman–Crippen LogP) is 2.67. The second-order valence-electron chi connectivity index (χ2n) is 4.40. The number of thiazole rings is 1. The first kappa shape index (κ1) is 14.0. The minimum Gasteiger partial charge on any atom is -0.496 e. The van der Waals surface area contributed by atoms with Gasteiger partial charge in [-0.15, -0.1) is 11.3 Å². The number of aromatic nitrogens is 1. The van der Waals surface area contributed by atoms with Crippen LogP contribution in [0.15, 0.2) is 23.6 Å². The molecule has 6 heteroatoms. The van der Waals surface area contributed by atoms with Crippen LogP contribution in [0.1, 0.15) is 10.6 Å². The Labute approximate surface area is 117 Å². The van der Waals surface area contributed by atoms with Crippen molar-refractivity contribution in [2.75, 3.05) is 13.4 Å². The Kier molecular flexibility index (Phi) is 3.91. The van der Waals surface area contributed by atoms with Gasteiger partial charge >= 0.3 is 0 Å². The van der Waals surface area contributed by atoms with Gasteiger partial charge in [0.05, 0.1) is 12.8 Å². The van der Waals surface area contributed by atoms with E-state index in [2.05, 4.69) is 4.98 Å². The second-order valence-corrected chi connectivity index (χ2v) is 7.48. The number of hydrogen-bond acceptors (Lipinski definition) is 5. The minimum absolute atomic E-state index is 0.0220. The van der Waals surface area contributed by atoms with Crippen LogP contribution < -0.4 is 4.74 Å². The normalized spacial score (nSPS) is 11.5. The molecule has 0 saturated carbocycles. The molecule has 1 aromatic heterocycles. The van der Waals surface area contributed by atoms with E-state index in [-0.39, 0.29) is 5.75 Å². The quantitative estimate of drug-likeness (QED) is 0.870. The third kappa shape index (κ3) is 3.54. The highest BCUT2D eigenvalue weighted by Crippen LogP contribution is 2.31. The molecule has 0 aliphatic carbocycles. The summed E-state index contributed by atoms with van der Waals surface area (Å²) in [5.41, 5.74) is 2.75. The summed E-state index contributed by atoms with van der Waals surface area (Å²) >= 11 is 1.35. The third-order valence-electron chi connectivity index (χ3n) is 2.57. The van der Waals surface area contributed by atoms with E-state index in [1.807, 2.05) is 30.5 Å². The standard InChI is InChI=1S/C13H15NO3S2/c1-9-4-5-12(17-2)10(6-9)11-7-18-13(14-11)8-19(3,15)16/h4-7H,8H2,1-3H3. The summed E-state index contributed by atoms with van der Waals surface area (Å²) in [6.07, 6.45) is 1.21. The van der Waals surface area contributed by atoms with Gasteiger partial charge in [-0.3, -0.25) is 0 Å². The molecule has 0 amide bonds.